The summed E-state index contributed by atoms with van der Waals surface area (Å²) in [4.78, 5) is 12.8. The van der Waals surface area contributed by atoms with E-state index in [1.165, 1.54) is 12.6 Å². The number of nitrogens with two attached hydrogens (primary N) is 1. The van der Waals surface area contributed by atoms with Crippen LogP contribution in [0.1, 0.15) is 12.1 Å². The van der Waals surface area contributed by atoms with Crippen LogP contribution in [0.2, 0.25) is 0 Å². The highest BCUT2D eigenvalue weighted by molar-refractivity contribution is 5.99. The highest BCUT2D eigenvalue weighted by atomic mass is 16.4. The third-order valence-corrected chi connectivity index (χ3v) is 3.41. The van der Waals surface area contributed by atoms with Crippen molar-refractivity contribution < 1.29 is 5.21 Å². The monoisotopic (exact) mass is 264 g/mol. The molecule has 2 rings (SSSR count). The molecule has 1 fully saturated rings. The zero-order chi connectivity index (χ0) is 13.8. The molecule has 19 heavy (non-hydrogen) atoms. The molecular weight excluding hydrogens is 244 g/mol. The maximum atomic E-state index is 8.78. The first-order valence-corrected chi connectivity index (χ1v) is 6.30. The summed E-state index contributed by atoms with van der Waals surface area (Å²) >= 11 is 0. The van der Waals surface area contributed by atoms with Crippen LogP contribution in [0.3, 0.4) is 0 Å². The van der Waals surface area contributed by atoms with Gasteiger partial charge in [0, 0.05) is 32.5 Å². The highest BCUT2D eigenvalue weighted by Gasteiger charge is 2.23. The van der Waals surface area contributed by atoms with Gasteiger partial charge < -0.3 is 20.7 Å². The molecule has 7 heteroatoms. The molecule has 7 nitrogen and oxygen atoms in total. The summed E-state index contributed by atoms with van der Waals surface area (Å²) in [6, 6.07) is 0. The smallest absolute Gasteiger partial charge is 0.192 e. The SMILES string of the molecule is CN1CCC(CN(C)c2nccnc2/C(N)=N/O)C1. The number of aromatic nitrogens is 2. The van der Waals surface area contributed by atoms with Crippen molar-refractivity contribution in [3.8, 4) is 0 Å². The summed E-state index contributed by atoms with van der Waals surface area (Å²) in [6.45, 7) is 3.10. The summed E-state index contributed by atoms with van der Waals surface area (Å²) in [5.41, 5.74) is 6.04. The van der Waals surface area contributed by atoms with Crippen LogP contribution in [0.4, 0.5) is 5.82 Å². The summed E-state index contributed by atoms with van der Waals surface area (Å²) in [7, 11) is 4.08. The predicted octanol–water partition coefficient (Wildman–Crippen LogP) is -0.0410. The van der Waals surface area contributed by atoms with Crippen LogP contribution < -0.4 is 10.6 Å². The third kappa shape index (κ3) is 3.11. The topological polar surface area (TPSA) is 90.9 Å². The number of oxime groups is 1. The van der Waals surface area contributed by atoms with Gasteiger partial charge in [-0.25, -0.2) is 9.97 Å². The number of rotatable bonds is 4. The lowest BCUT2D eigenvalue weighted by molar-refractivity contribution is 0.318. The van der Waals surface area contributed by atoms with Gasteiger partial charge in [0.05, 0.1) is 0 Å². The molecule has 1 aliphatic heterocycles. The molecule has 1 saturated heterocycles. The molecule has 0 radical (unpaired) electrons. The van der Waals surface area contributed by atoms with E-state index in [1.54, 1.807) is 6.20 Å². The molecule has 1 aliphatic rings. The number of hydrogen-bond acceptors (Lipinski definition) is 6. The Labute approximate surface area is 112 Å². The van der Waals surface area contributed by atoms with Crippen molar-refractivity contribution in [2.24, 2.45) is 16.8 Å². The average Bonchev–Trinajstić information content (AvgIpc) is 2.83. The van der Waals surface area contributed by atoms with Gasteiger partial charge in [0.2, 0.25) is 0 Å². The van der Waals surface area contributed by atoms with Gasteiger partial charge in [-0.05, 0) is 25.9 Å². The van der Waals surface area contributed by atoms with Gasteiger partial charge in [-0.1, -0.05) is 5.16 Å². The fraction of sp³-hybridized carbons (Fsp3) is 0.583. The van der Waals surface area contributed by atoms with E-state index in [0.717, 1.165) is 19.6 Å². The van der Waals surface area contributed by atoms with E-state index in [4.69, 9.17) is 10.9 Å². The van der Waals surface area contributed by atoms with E-state index in [9.17, 15) is 0 Å². The lowest BCUT2D eigenvalue weighted by Crippen LogP contribution is -2.30. The molecule has 1 aromatic heterocycles. The molecular formula is C12H20N6O. The molecule has 1 atom stereocenters. The van der Waals surface area contributed by atoms with Crippen LogP contribution in [0, 0.1) is 5.92 Å². The Kier molecular flexibility index (Phi) is 4.16. The first-order valence-electron chi connectivity index (χ1n) is 6.30. The molecule has 0 spiro atoms. The van der Waals surface area contributed by atoms with Crippen LogP contribution >= 0.6 is 0 Å². The Morgan fingerprint density at radius 1 is 1.58 bits per heavy atom. The van der Waals surface area contributed by atoms with E-state index in [0.29, 0.717) is 17.4 Å². The van der Waals surface area contributed by atoms with E-state index >= 15 is 0 Å². The largest absolute Gasteiger partial charge is 0.409 e. The van der Waals surface area contributed by atoms with E-state index in [-0.39, 0.29) is 5.84 Å². The summed E-state index contributed by atoms with van der Waals surface area (Å²) in [5, 5.41) is 11.8. The third-order valence-electron chi connectivity index (χ3n) is 3.41. The van der Waals surface area contributed by atoms with Gasteiger partial charge in [-0.3, -0.25) is 0 Å². The Morgan fingerprint density at radius 3 is 2.95 bits per heavy atom. The minimum absolute atomic E-state index is 0.0153. The van der Waals surface area contributed by atoms with Crippen molar-refractivity contribution >= 4 is 11.7 Å². The molecule has 104 valence electrons. The number of likely N-dealkylation sites (tertiary alicyclic amines) is 1. The van der Waals surface area contributed by atoms with Crippen LogP contribution in [0.25, 0.3) is 0 Å². The van der Waals surface area contributed by atoms with Crippen molar-refractivity contribution in [3.05, 3.63) is 18.1 Å². The quantitative estimate of drug-likeness (QED) is 0.343. The van der Waals surface area contributed by atoms with Crippen LogP contribution in [0.5, 0.6) is 0 Å². The minimum atomic E-state index is -0.0153. The molecule has 1 unspecified atom stereocenters. The van der Waals surface area contributed by atoms with Gasteiger partial charge in [0.1, 0.15) is 0 Å². The number of amidine groups is 1. The van der Waals surface area contributed by atoms with Gasteiger partial charge >= 0.3 is 0 Å². The average molecular weight is 264 g/mol. The molecule has 0 bridgehead atoms. The molecule has 0 aliphatic carbocycles. The molecule has 2 heterocycles. The second-order valence-corrected chi connectivity index (χ2v) is 5.01. The van der Waals surface area contributed by atoms with Crippen LogP contribution in [-0.4, -0.2) is 59.6 Å². The Bertz CT molecular complexity index is 463. The fourth-order valence-electron chi connectivity index (χ4n) is 2.49. The Morgan fingerprint density at radius 2 is 2.32 bits per heavy atom. The lowest BCUT2D eigenvalue weighted by Gasteiger charge is -2.23. The first-order chi connectivity index (χ1) is 9.11. The second-order valence-electron chi connectivity index (χ2n) is 5.01. The number of nitrogens with zero attached hydrogens (tertiary/aromatic N) is 5. The van der Waals surface area contributed by atoms with Gasteiger partial charge in [0.25, 0.3) is 0 Å². The van der Waals surface area contributed by atoms with E-state index in [2.05, 4.69) is 27.1 Å². The maximum Gasteiger partial charge on any atom is 0.192 e. The Hall–Kier alpha value is -1.89. The Balaban J connectivity index is 2.12. The van der Waals surface area contributed by atoms with Crippen LogP contribution in [-0.2, 0) is 0 Å². The highest BCUT2D eigenvalue weighted by Crippen LogP contribution is 2.19. The summed E-state index contributed by atoms with van der Waals surface area (Å²) in [6.07, 6.45) is 4.33. The van der Waals surface area contributed by atoms with Crippen molar-refractivity contribution in [2.45, 2.75) is 6.42 Å². The van der Waals surface area contributed by atoms with E-state index < -0.39 is 0 Å². The van der Waals surface area contributed by atoms with Crippen molar-refractivity contribution in [2.75, 3.05) is 38.6 Å². The number of hydrogen-bond donors (Lipinski definition) is 2. The van der Waals surface area contributed by atoms with Crippen molar-refractivity contribution in [1.82, 2.24) is 14.9 Å². The predicted molar refractivity (Wildman–Crippen MR) is 73.4 cm³/mol. The molecule has 1 aromatic rings. The van der Waals surface area contributed by atoms with Gasteiger partial charge in [0.15, 0.2) is 17.3 Å². The zero-order valence-electron chi connectivity index (χ0n) is 11.3. The van der Waals surface area contributed by atoms with Gasteiger partial charge in [-0.2, -0.15) is 0 Å². The van der Waals surface area contributed by atoms with Crippen molar-refractivity contribution in [3.63, 3.8) is 0 Å². The molecule has 0 amide bonds. The molecule has 0 aromatic carbocycles. The minimum Gasteiger partial charge on any atom is -0.409 e. The first kappa shape index (κ1) is 13.5. The fourth-order valence-corrected chi connectivity index (χ4v) is 2.49. The number of anilines is 1. The second kappa shape index (κ2) is 5.83. The summed E-state index contributed by atoms with van der Waals surface area (Å²) in [5.74, 6) is 1.24. The normalized spacial score (nSPS) is 20.7. The lowest BCUT2D eigenvalue weighted by atomic mass is 10.1. The maximum absolute atomic E-state index is 8.78. The summed E-state index contributed by atoms with van der Waals surface area (Å²) < 4.78 is 0. The van der Waals surface area contributed by atoms with E-state index in [1.807, 2.05) is 11.9 Å². The van der Waals surface area contributed by atoms with Crippen molar-refractivity contribution in [1.29, 1.82) is 0 Å². The molecule has 3 N–H and O–H groups in total. The zero-order valence-corrected chi connectivity index (χ0v) is 11.3. The molecule has 0 saturated carbocycles. The standard InChI is InChI=1S/C12H20N6O/c1-17-6-3-9(7-17)8-18(2)12-10(11(13)16-19)14-4-5-15-12/h4-5,9,19H,3,6-8H2,1-2H3,(H2,13,16). The van der Waals surface area contributed by atoms with Gasteiger partial charge in [-0.15, -0.1) is 0 Å². The van der Waals surface area contributed by atoms with Crippen LogP contribution in [0.15, 0.2) is 17.5 Å².